The fraction of sp³-hybridized carbons (Fsp3) is 0.385. The molecule has 0 radical (unpaired) electrons. The van der Waals surface area contributed by atoms with Crippen molar-refractivity contribution in [2.45, 2.75) is 30.2 Å². The number of amidine groups is 1. The van der Waals surface area contributed by atoms with E-state index >= 15 is 0 Å². The summed E-state index contributed by atoms with van der Waals surface area (Å²) in [6, 6.07) is 0.185. The molecule has 0 spiro atoms. The summed E-state index contributed by atoms with van der Waals surface area (Å²) in [5, 5.41) is -1.02. The lowest BCUT2D eigenvalue weighted by Gasteiger charge is -2.31. The molecule has 0 unspecified atom stereocenters. The standard InChI is InChI=1S/C13H3ClF13N3S/c14-4-1-3(10(16,17)18)2-28-7(4)29-8-30-9(12(22,23)24,13(25,26)27)6(31-8)5(15)11(19,20)21/h1-2H,(H,28,29,30). The number of thioether (sulfide) groups is 1. The van der Waals surface area contributed by atoms with Gasteiger partial charge in [-0.25, -0.2) is 14.4 Å². The summed E-state index contributed by atoms with van der Waals surface area (Å²) >= 11 is 4.42. The number of alkyl halides is 12. The van der Waals surface area contributed by atoms with Crippen molar-refractivity contribution in [2.75, 3.05) is 5.32 Å². The van der Waals surface area contributed by atoms with Crippen molar-refractivity contribution >= 4 is 34.3 Å². The van der Waals surface area contributed by atoms with Gasteiger partial charge >= 0.3 is 24.7 Å². The maximum absolute atomic E-state index is 13.6. The number of nitrogens with zero attached hydrogens (tertiary/aromatic N) is 2. The molecule has 1 aliphatic heterocycles. The molecule has 0 amide bonds. The first-order chi connectivity index (χ1) is 13.7. The van der Waals surface area contributed by atoms with Crippen LogP contribution in [-0.2, 0) is 6.18 Å². The molecule has 174 valence electrons. The molecule has 0 saturated carbocycles. The van der Waals surface area contributed by atoms with Crippen molar-refractivity contribution in [3.63, 3.8) is 0 Å². The fourth-order valence-corrected chi connectivity index (χ4v) is 3.48. The van der Waals surface area contributed by atoms with Gasteiger partial charge in [-0.3, -0.25) is 0 Å². The van der Waals surface area contributed by atoms with Gasteiger partial charge in [0.25, 0.3) is 5.54 Å². The van der Waals surface area contributed by atoms with Gasteiger partial charge in [-0.05, 0) is 6.07 Å². The van der Waals surface area contributed by atoms with Crippen molar-refractivity contribution < 1.29 is 57.1 Å². The first-order valence-electron chi connectivity index (χ1n) is 7.10. The van der Waals surface area contributed by atoms with E-state index in [-0.39, 0.29) is 12.3 Å². The van der Waals surface area contributed by atoms with Crippen LogP contribution in [0, 0.1) is 0 Å². The lowest BCUT2D eigenvalue weighted by atomic mass is 9.97. The summed E-state index contributed by atoms with van der Waals surface area (Å²) in [7, 11) is 0. The van der Waals surface area contributed by atoms with Gasteiger partial charge in [0.2, 0.25) is 5.83 Å². The van der Waals surface area contributed by atoms with Crippen LogP contribution in [0.5, 0.6) is 0 Å². The Morgan fingerprint density at radius 3 is 1.84 bits per heavy atom. The molecule has 0 aliphatic carbocycles. The second-order valence-electron chi connectivity index (χ2n) is 5.54. The zero-order chi connectivity index (χ0) is 24.2. The molecule has 0 bridgehead atoms. The molecular formula is C13H3ClF13N3S. The van der Waals surface area contributed by atoms with Crippen LogP contribution in [0.2, 0.25) is 5.02 Å². The van der Waals surface area contributed by atoms with Crippen molar-refractivity contribution in [2.24, 2.45) is 4.99 Å². The highest BCUT2D eigenvalue weighted by Gasteiger charge is 2.77. The van der Waals surface area contributed by atoms with Crippen molar-refractivity contribution in [1.29, 1.82) is 0 Å². The molecule has 0 atom stereocenters. The van der Waals surface area contributed by atoms with Crippen LogP contribution in [0.3, 0.4) is 0 Å². The monoisotopic (exact) mass is 515 g/mol. The molecule has 0 saturated heterocycles. The summed E-state index contributed by atoms with van der Waals surface area (Å²) in [6.45, 7) is 0. The Morgan fingerprint density at radius 2 is 1.45 bits per heavy atom. The summed E-state index contributed by atoms with van der Waals surface area (Å²) in [5.74, 6) is -4.69. The molecule has 2 rings (SSSR count). The second kappa shape index (κ2) is 7.60. The van der Waals surface area contributed by atoms with Crippen LogP contribution in [0.15, 0.2) is 28.0 Å². The minimum Gasteiger partial charge on any atom is -0.318 e. The largest absolute Gasteiger partial charge is 0.443 e. The fourth-order valence-electron chi connectivity index (χ4n) is 2.11. The van der Waals surface area contributed by atoms with Gasteiger partial charge in [0.15, 0.2) is 11.0 Å². The first-order valence-corrected chi connectivity index (χ1v) is 8.29. The van der Waals surface area contributed by atoms with E-state index in [0.717, 1.165) is 0 Å². The molecule has 2 heterocycles. The highest BCUT2D eigenvalue weighted by molar-refractivity contribution is 8.17. The van der Waals surface area contributed by atoms with Crippen LogP contribution >= 0.6 is 23.4 Å². The molecular weight excluding hydrogens is 513 g/mol. The summed E-state index contributed by atoms with van der Waals surface area (Å²) < 4.78 is 169. The number of anilines is 1. The van der Waals surface area contributed by atoms with Gasteiger partial charge in [-0.2, -0.15) is 52.7 Å². The predicted molar refractivity (Wildman–Crippen MR) is 81.9 cm³/mol. The maximum Gasteiger partial charge on any atom is 0.443 e. The van der Waals surface area contributed by atoms with Crippen molar-refractivity contribution in [3.8, 4) is 0 Å². The number of pyridine rings is 1. The van der Waals surface area contributed by atoms with Gasteiger partial charge in [-0.1, -0.05) is 23.4 Å². The molecule has 1 aliphatic rings. The van der Waals surface area contributed by atoms with Crippen LogP contribution < -0.4 is 5.32 Å². The third-order valence-electron chi connectivity index (χ3n) is 3.46. The Labute approximate surface area is 171 Å². The Morgan fingerprint density at radius 1 is 0.935 bits per heavy atom. The summed E-state index contributed by atoms with van der Waals surface area (Å²) in [6.07, 6.45) is -24.3. The van der Waals surface area contributed by atoms with Crippen molar-refractivity contribution in [3.05, 3.63) is 33.6 Å². The third-order valence-corrected chi connectivity index (χ3v) is 4.81. The molecule has 1 aromatic rings. The number of nitrogens with one attached hydrogen (secondary N) is 1. The van der Waals surface area contributed by atoms with Gasteiger partial charge in [0.1, 0.15) is 0 Å². The van der Waals surface area contributed by atoms with E-state index in [1.807, 2.05) is 0 Å². The number of hydrogen-bond donors (Lipinski definition) is 1. The topological polar surface area (TPSA) is 37.3 Å². The third kappa shape index (κ3) is 4.65. The van der Waals surface area contributed by atoms with E-state index in [9.17, 15) is 57.1 Å². The lowest BCUT2D eigenvalue weighted by molar-refractivity contribution is -0.280. The first kappa shape index (κ1) is 25.4. The Bertz CT molecular complexity index is 913. The minimum atomic E-state index is -6.59. The van der Waals surface area contributed by atoms with E-state index in [0.29, 0.717) is 0 Å². The molecule has 3 nitrogen and oxygen atoms in total. The van der Waals surface area contributed by atoms with Gasteiger partial charge in [-0.15, -0.1) is 0 Å². The number of halogens is 14. The highest BCUT2D eigenvalue weighted by atomic mass is 35.5. The van der Waals surface area contributed by atoms with Gasteiger partial charge < -0.3 is 5.32 Å². The van der Waals surface area contributed by atoms with E-state index in [1.165, 1.54) is 0 Å². The van der Waals surface area contributed by atoms with Crippen LogP contribution in [0.4, 0.5) is 62.9 Å². The highest BCUT2D eigenvalue weighted by Crippen LogP contribution is 2.59. The van der Waals surface area contributed by atoms with Crippen LogP contribution in [-0.4, -0.2) is 34.2 Å². The van der Waals surface area contributed by atoms with E-state index in [1.54, 1.807) is 5.32 Å². The lowest BCUT2D eigenvalue weighted by Crippen LogP contribution is -2.55. The summed E-state index contributed by atoms with van der Waals surface area (Å²) in [4.78, 5) is 2.35. The number of rotatable bonds is 1. The number of aliphatic imine (C=N–C) groups is 1. The Balaban J connectivity index is 2.64. The van der Waals surface area contributed by atoms with Crippen LogP contribution in [0.1, 0.15) is 5.56 Å². The molecule has 0 aromatic carbocycles. The van der Waals surface area contributed by atoms with E-state index in [2.05, 4.69) is 9.98 Å². The molecule has 31 heavy (non-hydrogen) atoms. The number of allylic oxidation sites excluding steroid dienone is 1. The molecule has 1 aromatic heterocycles. The quantitative estimate of drug-likeness (QED) is 0.415. The normalized spacial score (nSPS) is 19.4. The predicted octanol–water partition coefficient (Wildman–Crippen LogP) is 6.88. The van der Waals surface area contributed by atoms with E-state index < -0.39 is 74.3 Å². The smallest absolute Gasteiger partial charge is 0.318 e. The zero-order valence-electron chi connectivity index (χ0n) is 13.7. The second-order valence-corrected chi connectivity index (χ2v) is 6.95. The minimum absolute atomic E-state index is 0.0855. The number of hydrogen-bond acceptors (Lipinski definition) is 4. The zero-order valence-corrected chi connectivity index (χ0v) is 15.3. The molecule has 0 fully saturated rings. The number of aromatic nitrogens is 1. The summed E-state index contributed by atoms with van der Waals surface area (Å²) in [5.41, 5.74) is -7.09. The SMILES string of the molecule is FC(=C1SC(Nc2ncc(C(F)(F)F)cc2Cl)=NC1(C(F)(F)F)C(F)(F)F)C(F)(F)F. The Hall–Kier alpha value is -1.91. The van der Waals surface area contributed by atoms with E-state index in [4.69, 9.17) is 11.6 Å². The van der Waals surface area contributed by atoms with Crippen molar-refractivity contribution in [1.82, 2.24) is 4.98 Å². The molecule has 1 N–H and O–H groups in total. The Kier molecular flexibility index (Phi) is 6.21. The molecule has 18 heteroatoms. The average Bonchev–Trinajstić information content (AvgIpc) is 2.94. The van der Waals surface area contributed by atoms with Gasteiger partial charge in [0.05, 0.1) is 15.5 Å². The maximum atomic E-state index is 13.6. The van der Waals surface area contributed by atoms with Gasteiger partial charge in [0, 0.05) is 6.20 Å². The van der Waals surface area contributed by atoms with Crippen LogP contribution in [0.25, 0.3) is 0 Å². The average molecular weight is 516 g/mol.